The average Bonchev–Trinajstić information content (AvgIpc) is 3.79. The minimum atomic E-state index is -0.230. The van der Waals surface area contributed by atoms with Gasteiger partial charge in [0.15, 0.2) is 0 Å². The van der Waals surface area contributed by atoms with Crippen LogP contribution in [-0.4, -0.2) is 4.57 Å². The van der Waals surface area contributed by atoms with Crippen LogP contribution in [0, 0.1) is 0 Å². The molecule has 2 nitrogen and oxygen atoms in total. The normalized spacial score (nSPS) is 13.0. The second-order valence-electron chi connectivity index (χ2n) is 18.9. The summed E-state index contributed by atoms with van der Waals surface area (Å²) >= 11 is 0. The molecule has 12 aromatic rings. The summed E-state index contributed by atoms with van der Waals surface area (Å²) in [6, 6.07) is 85.6. The third-order valence-electron chi connectivity index (χ3n) is 14.8. The summed E-state index contributed by atoms with van der Waals surface area (Å²) in [6.45, 7) is 4.86. The van der Waals surface area contributed by atoms with Gasteiger partial charge in [0.1, 0.15) is 0 Å². The van der Waals surface area contributed by atoms with E-state index in [0.717, 1.165) is 17.1 Å². The standard InChI is InChI=1S/C65H44N2/c1-65(2)57-28-15-27-54-52-25-8-11-30-59(52)67-60-31-12-9-26-53(60)56-40-55(63(65)62(61(54)57)64(56)67)47-22-13-20-44(37-47)46-21-14-23-49(39-46)66(50-35-34-42-17-4-6-19-45(42)38-50)58-29-10-7-24-51(58)48-33-32-41-16-3-5-18-43(41)36-48/h3-40H,1-2H3. The molecule has 2 heterocycles. The van der Waals surface area contributed by atoms with Gasteiger partial charge >= 0.3 is 0 Å². The van der Waals surface area contributed by atoms with E-state index in [0.29, 0.717) is 0 Å². The number of hydrogen-bond acceptors (Lipinski definition) is 1. The molecule has 2 aliphatic rings. The predicted octanol–water partition coefficient (Wildman–Crippen LogP) is 17.8. The van der Waals surface area contributed by atoms with Crippen molar-refractivity contribution in [3.05, 3.63) is 242 Å². The molecule has 0 radical (unpaired) electrons. The van der Waals surface area contributed by atoms with Crippen LogP contribution in [-0.2, 0) is 5.41 Å². The van der Waals surface area contributed by atoms with Gasteiger partial charge in [0, 0.05) is 44.3 Å². The Bertz CT molecular complexity index is 4030. The number of anilines is 3. The van der Waals surface area contributed by atoms with Crippen LogP contribution in [0.1, 0.15) is 25.0 Å². The SMILES string of the molecule is CC1(C)c2cccc3c2-c2c1c(-c1cccc(-c4cccc(N(c5ccc6ccccc6c5)c5ccccc5-c5ccc6ccccc6c5)c4)c1)cc1c4ccccc4n(c21)-c1ccccc1-3. The molecule has 314 valence electrons. The van der Waals surface area contributed by atoms with Gasteiger partial charge < -0.3 is 9.47 Å². The molecule has 2 heteroatoms. The molecule has 1 aliphatic heterocycles. The second kappa shape index (κ2) is 14.3. The van der Waals surface area contributed by atoms with Crippen molar-refractivity contribution < 1.29 is 0 Å². The highest BCUT2D eigenvalue weighted by Crippen LogP contribution is 2.60. The van der Waals surface area contributed by atoms with Crippen molar-refractivity contribution in [2.75, 3.05) is 4.90 Å². The average molecular weight is 853 g/mol. The van der Waals surface area contributed by atoms with E-state index >= 15 is 0 Å². The van der Waals surface area contributed by atoms with Crippen LogP contribution in [0.2, 0.25) is 0 Å². The van der Waals surface area contributed by atoms with Gasteiger partial charge in [0.2, 0.25) is 0 Å². The first-order valence-electron chi connectivity index (χ1n) is 23.4. The van der Waals surface area contributed by atoms with Crippen molar-refractivity contribution in [3.63, 3.8) is 0 Å². The van der Waals surface area contributed by atoms with Crippen LogP contribution in [0.25, 0.3) is 105 Å². The minimum absolute atomic E-state index is 0.230. The third-order valence-corrected chi connectivity index (χ3v) is 14.8. The van der Waals surface area contributed by atoms with E-state index in [1.165, 1.54) is 116 Å². The summed E-state index contributed by atoms with van der Waals surface area (Å²) in [5.74, 6) is 0. The number of nitrogens with zero attached hydrogens (tertiary/aromatic N) is 2. The van der Waals surface area contributed by atoms with E-state index < -0.39 is 0 Å². The van der Waals surface area contributed by atoms with Crippen LogP contribution in [0.5, 0.6) is 0 Å². The Morgan fingerprint density at radius 2 is 0.985 bits per heavy atom. The largest absolute Gasteiger partial charge is 0.310 e. The smallest absolute Gasteiger partial charge is 0.0623 e. The van der Waals surface area contributed by atoms with Crippen LogP contribution < -0.4 is 4.90 Å². The Morgan fingerprint density at radius 3 is 1.84 bits per heavy atom. The number of para-hydroxylation sites is 3. The third kappa shape index (κ3) is 5.57. The van der Waals surface area contributed by atoms with Crippen molar-refractivity contribution in [3.8, 4) is 61.3 Å². The number of aromatic nitrogens is 1. The maximum Gasteiger partial charge on any atom is 0.0623 e. The lowest BCUT2D eigenvalue weighted by Crippen LogP contribution is -2.16. The Labute approximate surface area is 390 Å². The highest BCUT2D eigenvalue weighted by molar-refractivity contribution is 6.20. The Balaban J connectivity index is 0.964. The molecule has 0 atom stereocenters. The first-order valence-corrected chi connectivity index (χ1v) is 23.4. The van der Waals surface area contributed by atoms with E-state index in [2.05, 4.69) is 254 Å². The van der Waals surface area contributed by atoms with Crippen molar-refractivity contribution in [1.29, 1.82) is 0 Å². The van der Waals surface area contributed by atoms with Crippen molar-refractivity contribution >= 4 is 60.4 Å². The molecule has 1 aliphatic carbocycles. The maximum atomic E-state index is 2.55. The summed E-state index contributed by atoms with van der Waals surface area (Å²) in [5.41, 5.74) is 22.3. The highest BCUT2D eigenvalue weighted by Gasteiger charge is 2.43. The molecular formula is C65H44N2. The van der Waals surface area contributed by atoms with Gasteiger partial charge in [0.05, 0.1) is 22.4 Å². The highest BCUT2D eigenvalue weighted by atomic mass is 15.1. The molecule has 1 aromatic heterocycles. The summed E-state index contributed by atoms with van der Waals surface area (Å²) in [5, 5.41) is 7.48. The fraction of sp³-hybridized carbons (Fsp3) is 0.0462. The van der Waals surface area contributed by atoms with E-state index in [1.54, 1.807) is 0 Å². The summed E-state index contributed by atoms with van der Waals surface area (Å²) in [4.78, 5) is 2.44. The lowest BCUT2D eigenvalue weighted by molar-refractivity contribution is 0.662. The van der Waals surface area contributed by atoms with E-state index in [-0.39, 0.29) is 5.41 Å². The first-order chi connectivity index (χ1) is 33.0. The lowest BCUT2D eigenvalue weighted by atomic mass is 9.78. The predicted molar refractivity (Wildman–Crippen MR) is 283 cm³/mol. The second-order valence-corrected chi connectivity index (χ2v) is 18.9. The zero-order valence-corrected chi connectivity index (χ0v) is 37.3. The van der Waals surface area contributed by atoms with Gasteiger partial charge in [-0.25, -0.2) is 0 Å². The number of hydrogen-bond donors (Lipinski definition) is 0. The molecule has 0 saturated carbocycles. The summed E-state index contributed by atoms with van der Waals surface area (Å²) < 4.78 is 2.55. The van der Waals surface area contributed by atoms with E-state index in [9.17, 15) is 0 Å². The van der Waals surface area contributed by atoms with Gasteiger partial charge in [-0.05, 0) is 132 Å². The van der Waals surface area contributed by atoms with Crippen molar-refractivity contribution in [2.45, 2.75) is 19.3 Å². The van der Waals surface area contributed by atoms with Crippen molar-refractivity contribution in [1.82, 2.24) is 4.57 Å². The van der Waals surface area contributed by atoms with Crippen LogP contribution in [0.4, 0.5) is 17.1 Å². The molecule has 0 fully saturated rings. The summed E-state index contributed by atoms with van der Waals surface area (Å²) in [6.07, 6.45) is 0. The molecule has 0 amide bonds. The molecule has 14 rings (SSSR count). The maximum absolute atomic E-state index is 2.55. The quantitative estimate of drug-likeness (QED) is 0.162. The van der Waals surface area contributed by atoms with Crippen molar-refractivity contribution in [2.24, 2.45) is 0 Å². The van der Waals surface area contributed by atoms with Crippen LogP contribution in [0.15, 0.2) is 231 Å². The number of fused-ring (bicyclic) bond motifs is 8. The van der Waals surface area contributed by atoms with Crippen LogP contribution >= 0.6 is 0 Å². The Kier molecular flexibility index (Phi) is 8.06. The zero-order chi connectivity index (χ0) is 44.4. The van der Waals surface area contributed by atoms with Crippen LogP contribution in [0.3, 0.4) is 0 Å². The number of rotatable bonds is 6. The van der Waals surface area contributed by atoms with Gasteiger partial charge in [-0.2, -0.15) is 0 Å². The number of benzene rings is 11. The summed E-state index contributed by atoms with van der Waals surface area (Å²) in [7, 11) is 0. The van der Waals surface area contributed by atoms with E-state index in [1.807, 2.05) is 0 Å². The zero-order valence-electron chi connectivity index (χ0n) is 37.3. The van der Waals surface area contributed by atoms with Gasteiger partial charge in [0.25, 0.3) is 0 Å². The Hall–Kier alpha value is -8.46. The van der Waals surface area contributed by atoms with E-state index in [4.69, 9.17) is 0 Å². The topological polar surface area (TPSA) is 8.17 Å². The molecular weight excluding hydrogens is 809 g/mol. The Morgan fingerprint density at radius 1 is 0.373 bits per heavy atom. The molecule has 0 bridgehead atoms. The molecule has 0 spiro atoms. The molecule has 0 N–H and O–H groups in total. The lowest BCUT2D eigenvalue weighted by Gasteiger charge is -2.29. The minimum Gasteiger partial charge on any atom is -0.310 e. The fourth-order valence-electron chi connectivity index (χ4n) is 11.8. The monoisotopic (exact) mass is 852 g/mol. The fourth-order valence-corrected chi connectivity index (χ4v) is 11.8. The van der Waals surface area contributed by atoms with Gasteiger partial charge in [-0.15, -0.1) is 0 Å². The first kappa shape index (κ1) is 37.9. The molecule has 0 unspecified atom stereocenters. The van der Waals surface area contributed by atoms with Gasteiger partial charge in [-0.3, -0.25) is 0 Å². The molecule has 11 aromatic carbocycles. The molecule has 67 heavy (non-hydrogen) atoms. The van der Waals surface area contributed by atoms with Gasteiger partial charge in [-0.1, -0.05) is 184 Å². The molecule has 0 saturated heterocycles.